The summed E-state index contributed by atoms with van der Waals surface area (Å²) in [5, 5.41) is 0. The van der Waals surface area contributed by atoms with E-state index in [1.54, 1.807) is 14.1 Å². The summed E-state index contributed by atoms with van der Waals surface area (Å²) in [6.45, 7) is 7.93. The van der Waals surface area contributed by atoms with E-state index in [-0.39, 0.29) is 40.1 Å². The van der Waals surface area contributed by atoms with Gasteiger partial charge in [-0.3, -0.25) is 0 Å². The highest BCUT2D eigenvalue weighted by atomic mass is 79.9. The number of unbranched alkanes of at least 4 members (excludes halogenated alkanes) is 7. The molecule has 5 nitrogen and oxygen atoms in total. The smallest absolute Gasteiger partial charge is 0.414 e. The van der Waals surface area contributed by atoms with E-state index in [0.29, 0.717) is 11.8 Å². The Morgan fingerprint density at radius 3 is 1.79 bits per heavy atom. The second-order valence-corrected chi connectivity index (χ2v) is 11.1. The van der Waals surface area contributed by atoms with Gasteiger partial charge in [-0.1, -0.05) is 37.8 Å². The first-order valence-electron chi connectivity index (χ1n) is 12.6. The van der Waals surface area contributed by atoms with E-state index in [1.165, 1.54) is 62.8 Å². The van der Waals surface area contributed by atoms with Crippen molar-refractivity contribution in [1.82, 2.24) is 4.90 Å². The third-order valence-corrected chi connectivity index (χ3v) is 6.78. The number of benzene rings is 1. The standard InChI is InChI=1S/C27H51N3O2.2BrH/c1-24(2)30(7,8)22-18-14-12-10-9-11-13-17-21-29(5,6)23-25-19-15-16-20-26(25)32-27(31)28(3)4;;/h15-16,19-20,24H,9-14,17-18,21-23H2,1-8H3;2*1H/q+2;;/p-2. The van der Waals surface area contributed by atoms with Gasteiger partial charge in [0.2, 0.25) is 0 Å². The van der Waals surface area contributed by atoms with Crippen LogP contribution in [0.3, 0.4) is 0 Å². The van der Waals surface area contributed by atoms with E-state index in [9.17, 15) is 4.79 Å². The van der Waals surface area contributed by atoms with Crippen LogP contribution in [0.5, 0.6) is 5.75 Å². The van der Waals surface area contributed by atoms with Crippen molar-refractivity contribution in [2.75, 3.05) is 55.4 Å². The fourth-order valence-corrected chi connectivity index (χ4v) is 3.84. The van der Waals surface area contributed by atoms with Crippen molar-refractivity contribution < 1.29 is 52.5 Å². The first-order valence-corrected chi connectivity index (χ1v) is 12.6. The molecule has 0 aliphatic carbocycles. The topological polar surface area (TPSA) is 29.5 Å². The molecular formula is C27H51Br2N3O2. The molecule has 7 heteroatoms. The number of carbonyl (C=O) groups excluding carboxylic acids is 1. The molecule has 200 valence electrons. The van der Waals surface area contributed by atoms with Crippen molar-refractivity contribution in [3.8, 4) is 5.75 Å². The third-order valence-electron chi connectivity index (χ3n) is 6.78. The van der Waals surface area contributed by atoms with Crippen LogP contribution in [0, 0.1) is 0 Å². The van der Waals surface area contributed by atoms with E-state index in [4.69, 9.17) is 4.74 Å². The molecule has 0 spiro atoms. The van der Waals surface area contributed by atoms with Crippen LogP contribution in [-0.4, -0.2) is 81.4 Å². The lowest BCUT2D eigenvalue weighted by atomic mass is 10.1. The summed E-state index contributed by atoms with van der Waals surface area (Å²) < 4.78 is 7.60. The van der Waals surface area contributed by atoms with Crippen LogP contribution in [0.4, 0.5) is 4.79 Å². The van der Waals surface area contributed by atoms with Crippen molar-refractivity contribution in [2.45, 2.75) is 77.8 Å². The van der Waals surface area contributed by atoms with Gasteiger partial charge in [0, 0.05) is 19.7 Å². The number of nitrogens with zero attached hydrogens (tertiary/aromatic N) is 3. The molecule has 0 aliphatic heterocycles. The number of halogens is 2. The van der Waals surface area contributed by atoms with Crippen LogP contribution < -0.4 is 38.7 Å². The van der Waals surface area contributed by atoms with Crippen LogP contribution in [0.15, 0.2) is 24.3 Å². The Balaban J connectivity index is 0. The number of hydrogen-bond donors (Lipinski definition) is 0. The van der Waals surface area contributed by atoms with Gasteiger partial charge in [0.05, 0.1) is 47.3 Å². The molecule has 0 aromatic heterocycles. The fraction of sp³-hybridized carbons (Fsp3) is 0.741. The molecule has 1 aromatic carbocycles. The van der Waals surface area contributed by atoms with Crippen molar-refractivity contribution in [1.29, 1.82) is 0 Å². The van der Waals surface area contributed by atoms with E-state index in [0.717, 1.165) is 27.6 Å². The number of quaternary nitrogens is 2. The second kappa shape index (κ2) is 17.7. The zero-order valence-electron chi connectivity index (χ0n) is 23.1. The maximum Gasteiger partial charge on any atom is 0.414 e. The van der Waals surface area contributed by atoms with Gasteiger partial charge in [0.1, 0.15) is 12.3 Å². The van der Waals surface area contributed by atoms with Gasteiger partial charge >= 0.3 is 6.09 Å². The lowest BCUT2D eigenvalue weighted by molar-refractivity contribution is -0.911. The molecule has 0 unspecified atom stereocenters. The van der Waals surface area contributed by atoms with Gasteiger partial charge in [-0.25, -0.2) is 4.79 Å². The van der Waals surface area contributed by atoms with Crippen molar-refractivity contribution in [3.63, 3.8) is 0 Å². The zero-order chi connectivity index (χ0) is 24.2. The molecule has 0 saturated heterocycles. The number of hydrogen-bond acceptors (Lipinski definition) is 2. The largest absolute Gasteiger partial charge is 1.00 e. The Bertz CT molecular complexity index is 680. The van der Waals surface area contributed by atoms with Crippen LogP contribution in [0.1, 0.15) is 70.8 Å². The monoisotopic (exact) mass is 607 g/mol. The highest BCUT2D eigenvalue weighted by Gasteiger charge is 2.20. The van der Waals surface area contributed by atoms with Crippen molar-refractivity contribution >= 4 is 6.09 Å². The third kappa shape index (κ3) is 14.7. The Labute approximate surface area is 231 Å². The molecule has 0 saturated carbocycles. The summed E-state index contributed by atoms with van der Waals surface area (Å²) in [4.78, 5) is 13.4. The number of amides is 1. The summed E-state index contributed by atoms with van der Waals surface area (Å²) in [5.41, 5.74) is 1.09. The summed E-state index contributed by atoms with van der Waals surface area (Å²) >= 11 is 0. The Morgan fingerprint density at radius 2 is 1.29 bits per heavy atom. The lowest BCUT2D eigenvalue weighted by Gasteiger charge is -2.34. The SMILES string of the molecule is CC(C)[N+](C)(C)CCCCCCCCCC[N+](C)(C)Cc1ccccc1OC(=O)N(C)C.[Br-].[Br-]. The quantitative estimate of drug-likeness (QED) is 0.206. The zero-order valence-corrected chi connectivity index (χ0v) is 26.3. The minimum atomic E-state index is -0.328. The summed E-state index contributed by atoms with van der Waals surface area (Å²) in [5.74, 6) is 0.674. The summed E-state index contributed by atoms with van der Waals surface area (Å²) in [7, 11) is 12.6. The van der Waals surface area contributed by atoms with E-state index >= 15 is 0 Å². The van der Waals surface area contributed by atoms with Gasteiger partial charge < -0.3 is 52.6 Å². The average Bonchev–Trinajstić information content (AvgIpc) is 2.70. The second-order valence-electron chi connectivity index (χ2n) is 11.1. The van der Waals surface area contributed by atoms with E-state index in [1.807, 2.05) is 18.2 Å². The highest BCUT2D eigenvalue weighted by Crippen LogP contribution is 2.23. The normalized spacial score (nSPS) is 11.6. The number of rotatable bonds is 15. The molecule has 0 N–H and O–H groups in total. The molecule has 0 bridgehead atoms. The molecule has 0 heterocycles. The summed E-state index contributed by atoms with van der Waals surface area (Å²) in [6, 6.07) is 8.61. The fourth-order valence-electron chi connectivity index (χ4n) is 3.84. The van der Waals surface area contributed by atoms with Gasteiger partial charge in [0.25, 0.3) is 0 Å². The Kier molecular flexibility index (Phi) is 18.5. The Hall–Kier alpha value is -0.630. The van der Waals surface area contributed by atoms with Crippen LogP contribution >= 0.6 is 0 Å². The molecule has 1 amide bonds. The Morgan fingerprint density at radius 1 is 0.824 bits per heavy atom. The first kappa shape index (κ1) is 35.5. The molecule has 34 heavy (non-hydrogen) atoms. The predicted molar refractivity (Wildman–Crippen MR) is 136 cm³/mol. The minimum absolute atomic E-state index is 0. The molecule has 0 atom stereocenters. The number of para-hydroxylation sites is 1. The minimum Gasteiger partial charge on any atom is -1.00 e. The summed E-state index contributed by atoms with van der Waals surface area (Å²) in [6.07, 6.45) is 10.4. The first-order chi connectivity index (χ1) is 14.9. The number of carbonyl (C=O) groups is 1. The van der Waals surface area contributed by atoms with E-state index < -0.39 is 0 Å². The number of ether oxygens (including phenoxy) is 1. The van der Waals surface area contributed by atoms with E-state index in [2.05, 4.69) is 48.1 Å². The molecule has 1 aromatic rings. The maximum absolute atomic E-state index is 12.0. The van der Waals surface area contributed by atoms with Crippen LogP contribution in [0.25, 0.3) is 0 Å². The maximum atomic E-state index is 12.0. The van der Waals surface area contributed by atoms with Gasteiger partial charge in [0.15, 0.2) is 0 Å². The lowest BCUT2D eigenvalue weighted by Crippen LogP contribution is -3.00. The van der Waals surface area contributed by atoms with Crippen molar-refractivity contribution in [3.05, 3.63) is 29.8 Å². The average molecular weight is 610 g/mol. The molecular weight excluding hydrogens is 558 g/mol. The van der Waals surface area contributed by atoms with Crippen LogP contribution in [0.2, 0.25) is 0 Å². The van der Waals surface area contributed by atoms with Crippen LogP contribution in [-0.2, 0) is 6.54 Å². The van der Waals surface area contributed by atoms with Gasteiger partial charge in [-0.2, -0.15) is 0 Å². The predicted octanol–water partition coefficient (Wildman–Crippen LogP) is -0.0630. The molecule has 0 radical (unpaired) electrons. The molecule has 0 aliphatic rings. The van der Waals surface area contributed by atoms with Crippen molar-refractivity contribution in [2.24, 2.45) is 0 Å². The van der Waals surface area contributed by atoms with Gasteiger partial charge in [-0.15, -0.1) is 0 Å². The van der Waals surface area contributed by atoms with Gasteiger partial charge in [-0.05, 0) is 51.7 Å². The molecule has 1 rings (SSSR count). The highest BCUT2D eigenvalue weighted by molar-refractivity contribution is 5.70. The molecule has 0 fully saturated rings.